The first-order valence-corrected chi connectivity index (χ1v) is 8.30. The Labute approximate surface area is 150 Å². The number of rotatable bonds is 8. The number of hydrogen-bond donors (Lipinski definition) is 2. The molecule has 0 saturated carbocycles. The minimum atomic E-state index is -1.05. The van der Waals surface area contributed by atoms with Crippen LogP contribution in [0.25, 0.3) is 0 Å². The molecular formula is C18H19ClN2O4. The molecule has 2 rings (SSSR count). The van der Waals surface area contributed by atoms with Crippen LogP contribution in [0.2, 0.25) is 5.02 Å². The van der Waals surface area contributed by atoms with E-state index in [4.69, 9.17) is 16.3 Å². The fraction of sp³-hybridized carbons (Fsp3) is 0.278. The number of unbranched alkanes of at least 4 members (excludes halogenated alkanes) is 1. The molecule has 1 amide bonds. The van der Waals surface area contributed by atoms with Gasteiger partial charge in [-0.1, -0.05) is 31.4 Å². The number of carboxylic acids is 1. The molecule has 2 N–H and O–H groups in total. The first-order chi connectivity index (χ1) is 12.0. The molecule has 2 aromatic rings. The lowest BCUT2D eigenvalue weighted by Gasteiger charge is -2.14. The Morgan fingerprint density at radius 3 is 2.60 bits per heavy atom. The number of carboxylic acid groups (broad SMARTS) is 1. The summed E-state index contributed by atoms with van der Waals surface area (Å²) >= 11 is 6.17. The average molecular weight is 363 g/mol. The number of carbonyl (C=O) groups is 2. The third-order valence-electron chi connectivity index (χ3n) is 3.52. The summed E-state index contributed by atoms with van der Waals surface area (Å²) in [5, 5.41) is 12.0. The standard InChI is InChI=1S/C18H19ClN2O4/c1-2-3-4-15(18(23)24)21-17(22)12-5-6-16(14(19)11-12)25-13-7-9-20-10-8-13/h5-11,15H,2-4H2,1H3,(H,21,22)(H,23,24). The number of amides is 1. The number of pyridine rings is 1. The number of halogens is 1. The zero-order valence-electron chi connectivity index (χ0n) is 13.7. The van der Waals surface area contributed by atoms with E-state index in [1.54, 1.807) is 30.6 Å². The molecule has 7 heteroatoms. The fourth-order valence-corrected chi connectivity index (χ4v) is 2.38. The molecule has 0 radical (unpaired) electrons. The molecule has 25 heavy (non-hydrogen) atoms. The van der Waals surface area contributed by atoms with Gasteiger partial charge in [-0.15, -0.1) is 0 Å². The van der Waals surface area contributed by atoms with Crippen LogP contribution in [0.3, 0.4) is 0 Å². The van der Waals surface area contributed by atoms with E-state index in [0.29, 0.717) is 17.9 Å². The number of aromatic nitrogens is 1. The van der Waals surface area contributed by atoms with Gasteiger partial charge in [-0.05, 0) is 36.8 Å². The van der Waals surface area contributed by atoms with Crippen molar-refractivity contribution in [3.63, 3.8) is 0 Å². The third-order valence-corrected chi connectivity index (χ3v) is 3.82. The summed E-state index contributed by atoms with van der Waals surface area (Å²) in [6, 6.07) is 7.01. The van der Waals surface area contributed by atoms with E-state index in [-0.39, 0.29) is 10.6 Å². The highest BCUT2D eigenvalue weighted by Crippen LogP contribution is 2.29. The SMILES string of the molecule is CCCCC(NC(=O)c1ccc(Oc2ccncc2)c(Cl)c1)C(=O)O. The van der Waals surface area contributed by atoms with Crippen LogP contribution in [0.15, 0.2) is 42.7 Å². The van der Waals surface area contributed by atoms with Gasteiger partial charge in [-0.25, -0.2) is 4.79 Å². The minimum absolute atomic E-state index is 0.255. The van der Waals surface area contributed by atoms with E-state index in [1.807, 2.05) is 6.92 Å². The molecule has 1 heterocycles. The summed E-state index contributed by atoms with van der Waals surface area (Å²) < 4.78 is 5.62. The third kappa shape index (κ3) is 5.46. The molecule has 0 aliphatic rings. The molecule has 1 unspecified atom stereocenters. The van der Waals surface area contributed by atoms with Gasteiger partial charge in [0.25, 0.3) is 5.91 Å². The molecule has 0 aliphatic heterocycles. The summed E-state index contributed by atoms with van der Waals surface area (Å²) in [4.78, 5) is 27.4. The second-order valence-corrected chi connectivity index (χ2v) is 5.84. The van der Waals surface area contributed by atoms with Crippen molar-refractivity contribution in [2.45, 2.75) is 32.2 Å². The van der Waals surface area contributed by atoms with Crippen LogP contribution in [-0.2, 0) is 4.79 Å². The predicted molar refractivity (Wildman–Crippen MR) is 94.2 cm³/mol. The van der Waals surface area contributed by atoms with E-state index in [1.165, 1.54) is 12.1 Å². The first-order valence-electron chi connectivity index (χ1n) is 7.92. The van der Waals surface area contributed by atoms with Crippen LogP contribution in [-0.4, -0.2) is 28.0 Å². The molecule has 1 atom stereocenters. The molecule has 1 aromatic carbocycles. The summed E-state index contributed by atoms with van der Waals surface area (Å²) in [6.45, 7) is 1.96. The summed E-state index contributed by atoms with van der Waals surface area (Å²) in [5.74, 6) is -0.573. The van der Waals surface area contributed by atoms with Gasteiger partial charge in [0, 0.05) is 18.0 Å². The maximum Gasteiger partial charge on any atom is 0.326 e. The number of aliphatic carboxylic acids is 1. The predicted octanol–water partition coefficient (Wildman–Crippen LogP) is 3.90. The molecular weight excluding hydrogens is 344 g/mol. The second kappa shape index (κ2) is 9.03. The number of benzene rings is 1. The highest BCUT2D eigenvalue weighted by atomic mass is 35.5. The van der Waals surface area contributed by atoms with Crippen molar-refractivity contribution in [2.24, 2.45) is 0 Å². The van der Waals surface area contributed by atoms with E-state index in [2.05, 4.69) is 10.3 Å². The highest BCUT2D eigenvalue weighted by Gasteiger charge is 2.20. The fourth-order valence-electron chi connectivity index (χ4n) is 2.17. The molecule has 0 bridgehead atoms. The Hall–Kier alpha value is -2.60. The van der Waals surface area contributed by atoms with Crippen LogP contribution < -0.4 is 10.1 Å². The molecule has 6 nitrogen and oxygen atoms in total. The molecule has 0 saturated heterocycles. The van der Waals surface area contributed by atoms with E-state index in [0.717, 1.165) is 12.8 Å². The van der Waals surface area contributed by atoms with Crippen molar-refractivity contribution < 1.29 is 19.4 Å². The van der Waals surface area contributed by atoms with Crippen molar-refractivity contribution in [2.75, 3.05) is 0 Å². The van der Waals surface area contributed by atoms with Crippen LogP contribution in [0, 0.1) is 0 Å². The second-order valence-electron chi connectivity index (χ2n) is 5.44. The van der Waals surface area contributed by atoms with Gasteiger partial charge in [0.2, 0.25) is 0 Å². The van der Waals surface area contributed by atoms with Crippen molar-refractivity contribution in [1.82, 2.24) is 10.3 Å². The zero-order valence-corrected chi connectivity index (χ0v) is 14.5. The normalized spacial score (nSPS) is 11.6. The highest BCUT2D eigenvalue weighted by molar-refractivity contribution is 6.32. The number of nitrogens with one attached hydrogen (secondary N) is 1. The lowest BCUT2D eigenvalue weighted by Crippen LogP contribution is -2.40. The van der Waals surface area contributed by atoms with Gasteiger partial charge >= 0.3 is 5.97 Å². The quantitative estimate of drug-likeness (QED) is 0.743. The van der Waals surface area contributed by atoms with Gasteiger partial charge < -0.3 is 15.2 Å². The van der Waals surface area contributed by atoms with Crippen molar-refractivity contribution in [1.29, 1.82) is 0 Å². The van der Waals surface area contributed by atoms with Crippen LogP contribution >= 0.6 is 11.6 Å². The molecule has 0 fully saturated rings. The minimum Gasteiger partial charge on any atom is -0.480 e. The Kier molecular flexibility index (Phi) is 6.77. The Morgan fingerprint density at radius 1 is 1.28 bits per heavy atom. The lowest BCUT2D eigenvalue weighted by atomic mass is 10.1. The topological polar surface area (TPSA) is 88.5 Å². The molecule has 0 aliphatic carbocycles. The number of ether oxygens (including phenoxy) is 1. The zero-order chi connectivity index (χ0) is 18.2. The largest absolute Gasteiger partial charge is 0.480 e. The van der Waals surface area contributed by atoms with E-state index >= 15 is 0 Å². The monoisotopic (exact) mass is 362 g/mol. The van der Waals surface area contributed by atoms with Crippen LogP contribution in [0.1, 0.15) is 36.5 Å². The maximum atomic E-state index is 12.3. The van der Waals surface area contributed by atoms with E-state index < -0.39 is 17.9 Å². The molecule has 1 aromatic heterocycles. The lowest BCUT2D eigenvalue weighted by molar-refractivity contribution is -0.139. The summed E-state index contributed by atoms with van der Waals surface area (Å²) in [7, 11) is 0. The summed E-state index contributed by atoms with van der Waals surface area (Å²) in [6.07, 6.45) is 5.14. The van der Waals surface area contributed by atoms with Crippen LogP contribution in [0.5, 0.6) is 11.5 Å². The Balaban J connectivity index is 2.08. The first kappa shape index (κ1) is 18.7. The van der Waals surface area contributed by atoms with Gasteiger partial charge in [0.1, 0.15) is 17.5 Å². The number of nitrogens with zero attached hydrogens (tertiary/aromatic N) is 1. The molecule has 0 spiro atoms. The van der Waals surface area contributed by atoms with Gasteiger partial charge in [-0.2, -0.15) is 0 Å². The van der Waals surface area contributed by atoms with Gasteiger partial charge in [-0.3, -0.25) is 9.78 Å². The van der Waals surface area contributed by atoms with Crippen molar-refractivity contribution in [3.05, 3.63) is 53.3 Å². The number of hydrogen-bond acceptors (Lipinski definition) is 4. The maximum absolute atomic E-state index is 12.3. The number of carbonyl (C=O) groups excluding carboxylic acids is 1. The van der Waals surface area contributed by atoms with Crippen LogP contribution in [0.4, 0.5) is 0 Å². The van der Waals surface area contributed by atoms with E-state index in [9.17, 15) is 14.7 Å². The smallest absolute Gasteiger partial charge is 0.326 e. The Morgan fingerprint density at radius 2 is 2.00 bits per heavy atom. The van der Waals surface area contributed by atoms with Gasteiger partial charge in [0.15, 0.2) is 0 Å². The van der Waals surface area contributed by atoms with Crippen molar-refractivity contribution >= 4 is 23.5 Å². The summed E-state index contributed by atoms with van der Waals surface area (Å²) in [5.41, 5.74) is 0.273. The van der Waals surface area contributed by atoms with Gasteiger partial charge in [0.05, 0.1) is 5.02 Å². The van der Waals surface area contributed by atoms with Crippen molar-refractivity contribution in [3.8, 4) is 11.5 Å². The molecule has 132 valence electrons. The average Bonchev–Trinajstić information content (AvgIpc) is 2.60. The Bertz CT molecular complexity index is 737.